The van der Waals surface area contributed by atoms with Crippen molar-refractivity contribution in [1.82, 2.24) is 9.88 Å². The smallest absolute Gasteiger partial charge is 0.338 e. The van der Waals surface area contributed by atoms with Gasteiger partial charge in [0.05, 0.1) is 34.4 Å². The number of carbonyl (C=O) groups is 3. The highest BCUT2D eigenvalue weighted by atomic mass is 32.1. The highest BCUT2D eigenvalue weighted by Crippen LogP contribution is 2.41. The third-order valence-corrected chi connectivity index (χ3v) is 7.71. The molecule has 0 radical (unpaired) electrons. The lowest BCUT2D eigenvalue weighted by molar-refractivity contribution is -0.130. The maximum atomic E-state index is 14.0. The number of aromatic nitrogens is 1. The van der Waals surface area contributed by atoms with Gasteiger partial charge < -0.3 is 14.7 Å². The van der Waals surface area contributed by atoms with Crippen LogP contribution in [0.4, 0.5) is 0 Å². The molecule has 0 spiro atoms. The molecular formula is C31H26N2O5S. The minimum atomic E-state index is -0.794. The van der Waals surface area contributed by atoms with Crippen molar-refractivity contribution in [3.63, 3.8) is 0 Å². The highest BCUT2D eigenvalue weighted by Gasteiger charge is 2.44. The predicted molar refractivity (Wildman–Crippen MR) is 148 cm³/mol. The summed E-state index contributed by atoms with van der Waals surface area (Å²) in [4.78, 5) is 45.8. The Morgan fingerprint density at radius 1 is 0.974 bits per heavy atom. The molecule has 0 fully saturated rings. The Balaban J connectivity index is 1.50. The first-order chi connectivity index (χ1) is 18.9. The molecule has 1 aliphatic heterocycles. The van der Waals surface area contributed by atoms with Crippen LogP contribution in [0.3, 0.4) is 0 Å². The molecule has 39 heavy (non-hydrogen) atoms. The Morgan fingerprint density at radius 2 is 1.62 bits per heavy atom. The van der Waals surface area contributed by atoms with Gasteiger partial charge in [0, 0.05) is 12.1 Å². The number of esters is 1. The topological polar surface area (TPSA) is 96.8 Å². The minimum Gasteiger partial charge on any atom is -0.503 e. The molecule has 196 valence electrons. The molecule has 0 saturated carbocycles. The molecular weight excluding hydrogens is 512 g/mol. The van der Waals surface area contributed by atoms with E-state index in [1.807, 2.05) is 60.7 Å². The van der Waals surface area contributed by atoms with E-state index in [1.165, 1.54) is 16.2 Å². The predicted octanol–water partition coefficient (Wildman–Crippen LogP) is 6.07. The van der Waals surface area contributed by atoms with Crippen molar-refractivity contribution >= 4 is 29.0 Å². The Morgan fingerprint density at radius 3 is 2.26 bits per heavy atom. The Labute approximate surface area is 230 Å². The summed E-state index contributed by atoms with van der Waals surface area (Å²) in [6.07, 6.45) is 0. The number of carbonyl (C=O) groups excluding carboxylic acids is 3. The van der Waals surface area contributed by atoms with Crippen LogP contribution in [0.2, 0.25) is 0 Å². The number of aryl methyl sites for hydroxylation is 1. The summed E-state index contributed by atoms with van der Waals surface area (Å²) in [6, 6.07) is 24.7. The van der Waals surface area contributed by atoms with E-state index < -0.39 is 29.5 Å². The third-order valence-electron chi connectivity index (χ3n) is 6.51. The number of aliphatic hydroxyl groups is 1. The fourth-order valence-corrected chi connectivity index (χ4v) is 5.65. The molecule has 8 heteroatoms. The summed E-state index contributed by atoms with van der Waals surface area (Å²) in [6.45, 7) is 3.89. The monoisotopic (exact) mass is 538 g/mol. The molecule has 1 N–H and O–H groups in total. The van der Waals surface area contributed by atoms with Gasteiger partial charge in [0.2, 0.25) is 5.78 Å². The van der Waals surface area contributed by atoms with Gasteiger partial charge >= 0.3 is 5.97 Å². The van der Waals surface area contributed by atoms with Gasteiger partial charge in [-0.3, -0.25) is 9.59 Å². The molecule has 1 aliphatic rings. The second-order valence-electron chi connectivity index (χ2n) is 9.05. The van der Waals surface area contributed by atoms with Gasteiger partial charge in [-0.05, 0) is 37.1 Å². The summed E-state index contributed by atoms with van der Waals surface area (Å²) in [5.74, 6) is -2.05. The van der Waals surface area contributed by atoms with Crippen LogP contribution in [0.5, 0.6) is 0 Å². The van der Waals surface area contributed by atoms with E-state index in [-0.39, 0.29) is 18.7 Å². The maximum Gasteiger partial charge on any atom is 0.338 e. The van der Waals surface area contributed by atoms with E-state index >= 15 is 0 Å². The van der Waals surface area contributed by atoms with Crippen LogP contribution in [0.25, 0.3) is 10.6 Å². The molecule has 1 aromatic heterocycles. The van der Waals surface area contributed by atoms with Crippen molar-refractivity contribution in [1.29, 1.82) is 0 Å². The number of amides is 1. The normalized spacial score (nSPS) is 15.1. The van der Waals surface area contributed by atoms with Crippen LogP contribution in [-0.4, -0.2) is 39.3 Å². The molecule has 1 amide bonds. The lowest BCUT2D eigenvalue weighted by Gasteiger charge is -2.27. The first-order valence-corrected chi connectivity index (χ1v) is 13.3. The number of aliphatic hydroxyl groups excluding tert-OH is 1. The Bertz CT molecular complexity index is 1560. The molecule has 0 saturated heterocycles. The first-order valence-electron chi connectivity index (χ1n) is 12.5. The van der Waals surface area contributed by atoms with Crippen molar-refractivity contribution in [2.45, 2.75) is 26.4 Å². The molecule has 5 rings (SSSR count). The number of ether oxygens (including phenoxy) is 1. The van der Waals surface area contributed by atoms with Crippen LogP contribution in [0, 0.1) is 6.92 Å². The number of benzene rings is 3. The lowest BCUT2D eigenvalue weighted by Crippen LogP contribution is -2.30. The van der Waals surface area contributed by atoms with Gasteiger partial charge in [0.15, 0.2) is 5.76 Å². The van der Waals surface area contributed by atoms with Gasteiger partial charge in [-0.25, -0.2) is 9.78 Å². The zero-order valence-corrected chi connectivity index (χ0v) is 22.3. The average molecular weight is 539 g/mol. The van der Waals surface area contributed by atoms with Crippen molar-refractivity contribution < 1.29 is 24.2 Å². The van der Waals surface area contributed by atoms with Crippen molar-refractivity contribution in [3.05, 3.63) is 124 Å². The quantitative estimate of drug-likeness (QED) is 0.216. The van der Waals surface area contributed by atoms with Gasteiger partial charge in [0.25, 0.3) is 5.91 Å². The van der Waals surface area contributed by atoms with Crippen molar-refractivity contribution in [2.75, 3.05) is 6.61 Å². The van der Waals surface area contributed by atoms with Crippen LogP contribution >= 0.6 is 11.3 Å². The van der Waals surface area contributed by atoms with E-state index in [0.29, 0.717) is 26.7 Å². The number of hydrogen-bond acceptors (Lipinski definition) is 7. The zero-order valence-electron chi connectivity index (χ0n) is 21.5. The molecule has 0 bridgehead atoms. The number of nitrogens with zero attached hydrogens (tertiary/aromatic N) is 2. The van der Waals surface area contributed by atoms with Gasteiger partial charge in [-0.15, -0.1) is 11.3 Å². The Hall–Kier alpha value is -4.56. The molecule has 2 heterocycles. The summed E-state index contributed by atoms with van der Waals surface area (Å²) in [7, 11) is 0. The standard InChI is InChI=1S/C31H26N2O5S/c1-3-38-31(37)23-16-14-20(15-17-23)18-33-25(21-10-6-4-7-11-21)24(27(35)30(33)36)26(34)28-19(2)32-29(39-28)22-12-8-5-9-13-22/h4-17,25,35H,3,18H2,1-2H3. The maximum absolute atomic E-state index is 14.0. The SMILES string of the molecule is CCOC(=O)c1ccc(CN2C(=O)C(O)=C(C(=O)c3sc(-c4ccccc4)nc3C)C2c2ccccc2)cc1. The molecule has 7 nitrogen and oxygen atoms in total. The first kappa shape index (κ1) is 26.1. The average Bonchev–Trinajstić information content (AvgIpc) is 3.47. The molecule has 3 aromatic carbocycles. The summed E-state index contributed by atoms with van der Waals surface area (Å²) in [5.41, 5.74) is 3.29. The molecule has 0 aliphatic carbocycles. The lowest BCUT2D eigenvalue weighted by atomic mass is 9.95. The van der Waals surface area contributed by atoms with E-state index in [0.717, 1.165) is 11.1 Å². The second-order valence-corrected chi connectivity index (χ2v) is 10.1. The fraction of sp³-hybridized carbons (Fsp3) is 0.161. The number of rotatable bonds is 8. The molecule has 1 unspecified atom stereocenters. The van der Waals surface area contributed by atoms with Crippen LogP contribution in [0.1, 0.15) is 49.8 Å². The number of ketones is 1. The van der Waals surface area contributed by atoms with E-state index in [4.69, 9.17) is 4.74 Å². The van der Waals surface area contributed by atoms with Gasteiger partial charge in [-0.1, -0.05) is 72.8 Å². The summed E-state index contributed by atoms with van der Waals surface area (Å²) < 4.78 is 5.04. The summed E-state index contributed by atoms with van der Waals surface area (Å²) >= 11 is 1.24. The second kappa shape index (κ2) is 11.0. The number of thiazole rings is 1. The van der Waals surface area contributed by atoms with Crippen LogP contribution < -0.4 is 0 Å². The number of hydrogen-bond donors (Lipinski definition) is 1. The van der Waals surface area contributed by atoms with Crippen LogP contribution in [0.15, 0.2) is 96.3 Å². The van der Waals surface area contributed by atoms with Gasteiger partial charge in [0.1, 0.15) is 5.01 Å². The van der Waals surface area contributed by atoms with E-state index in [9.17, 15) is 19.5 Å². The molecule has 1 atom stereocenters. The minimum absolute atomic E-state index is 0.0284. The van der Waals surface area contributed by atoms with E-state index in [2.05, 4.69) is 4.98 Å². The fourth-order valence-electron chi connectivity index (χ4n) is 4.62. The number of Topliss-reactive ketones (excluding diaryl/α,β-unsaturated/α-hetero) is 1. The third kappa shape index (κ3) is 5.11. The summed E-state index contributed by atoms with van der Waals surface area (Å²) in [5, 5.41) is 11.7. The molecule has 4 aromatic rings. The highest BCUT2D eigenvalue weighted by molar-refractivity contribution is 7.17. The van der Waals surface area contributed by atoms with Crippen molar-refractivity contribution in [2.24, 2.45) is 0 Å². The van der Waals surface area contributed by atoms with Gasteiger partial charge in [-0.2, -0.15) is 0 Å². The largest absolute Gasteiger partial charge is 0.503 e. The van der Waals surface area contributed by atoms with E-state index in [1.54, 1.807) is 38.1 Å². The van der Waals surface area contributed by atoms with Crippen molar-refractivity contribution in [3.8, 4) is 10.6 Å². The zero-order chi connectivity index (χ0) is 27.5. The van der Waals surface area contributed by atoms with Crippen LogP contribution in [-0.2, 0) is 16.1 Å². The Kier molecular flexibility index (Phi) is 7.38.